The number of hydroxylamine groups is 1. The van der Waals surface area contributed by atoms with Gasteiger partial charge in [-0.3, -0.25) is 14.8 Å². The molecule has 1 aromatic rings. The van der Waals surface area contributed by atoms with Crippen molar-refractivity contribution >= 4 is 17.6 Å². The SMILES string of the molecule is CC(C)(C)OC(=O)C1C(=O)N(O)c2ccccc21. The highest BCUT2D eigenvalue weighted by molar-refractivity contribution is 6.15. The van der Waals surface area contributed by atoms with Crippen LogP contribution < -0.4 is 5.06 Å². The van der Waals surface area contributed by atoms with Crippen LogP contribution in [0.25, 0.3) is 0 Å². The Balaban J connectivity index is 2.35. The molecule has 0 saturated heterocycles. The van der Waals surface area contributed by atoms with Gasteiger partial charge in [0.25, 0.3) is 5.91 Å². The molecule has 1 aliphatic rings. The van der Waals surface area contributed by atoms with Gasteiger partial charge < -0.3 is 4.74 Å². The zero-order chi connectivity index (χ0) is 13.5. The van der Waals surface area contributed by atoms with Crippen LogP contribution in [-0.2, 0) is 14.3 Å². The first-order valence-corrected chi connectivity index (χ1v) is 5.66. The van der Waals surface area contributed by atoms with Gasteiger partial charge in [-0.25, -0.2) is 0 Å². The zero-order valence-electron chi connectivity index (χ0n) is 10.5. The van der Waals surface area contributed by atoms with Gasteiger partial charge in [0.1, 0.15) is 5.60 Å². The molecule has 18 heavy (non-hydrogen) atoms. The Hall–Kier alpha value is -1.88. The van der Waals surface area contributed by atoms with Crippen LogP contribution in [-0.4, -0.2) is 22.7 Å². The molecule has 0 spiro atoms. The minimum Gasteiger partial charge on any atom is -0.459 e. The molecule has 1 heterocycles. The maximum atomic E-state index is 12.0. The average molecular weight is 249 g/mol. The average Bonchev–Trinajstić information content (AvgIpc) is 2.50. The number of fused-ring (bicyclic) bond motifs is 1. The highest BCUT2D eigenvalue weighted by atomic mass is 16.6. The van der Waals surface area contributed by atoms with Gasteiger partial charge in [-0.15, -0.1) is 0 Å². The molecule has 1 amide bonds. The first-order valence-electron chi connectivity index (χ1n) is 5.66. The Morgan fingerprint density at radius 2 is 1.94 bits per heavy atom. The number of amides is 1. The van der Waals surface area contributed by atoms with E-state index < -0.39 is 23.4 Å². The van der Waals surface area contributed by atoms with E-state index >= 15 is 0 Å². The largest absolute Gasteiger partial charge is 0.459 e. The molecule has 1 unspecified atom stereocenters. The number of rotatable bonds is 1. The van der Waals surface area contributed by atoms with Crippen molar-refractivity contribution in [1.29, 1.82) is 0 Å². The Labute approximate surface area is 105 Å². The summed E-state index contributed by atoms with van der Waals surface area (Å²) in [5.41, 5.74) is 0.132. The fraction of sp³-hybridized carbons (Fsp3) is 0.385. The van der Waals surface area contributed by atoms with Gasteiger partial charge in [0.15, 0.2) is 5.92 Å². The predicted octanol–water partition coefficient (Wildman–Crippen LogP) is 1.85. The summed E-state index contributed by atoms with van der Waals surface area (Å²) < 4.78 is 5.20. The van der Waals surface area contributed by atoms with Crippen molar-refractivity contribution in [2.75, 3.05) is 5.06 Å². The van der Waals surface area contributed by atoms with E-state index in [-0.39, 0.29) is 0 Å². The third-order valence-corrected chi connectivity index (χ3v) is 2.57. The summed E-state index contributed by atoms with van der Waals surface area (Å²) in [6, 6.07) is 6.62. The minimum absolute atomic E-state index is 0.332. The molecule has 0 fully saturated rings. The lowest BCUT2D eigenvalue weighted by atomic mass is 10.0. The van der Waals surface area contributed by atoms with E-state index in [0.717, 1.165) is 0 Å². The monoisotopic (exact) mass is 249 g/mol. The van der Waals surface area contributed by atoms with Gasteiger partial charge in [-0.2, -0.15) is 5.06 Å². The Kier molecular flexibility index (Phi) is 2.86. The highest BCUT2D eigenvalue weighted by Crippen LogP contribution is 2.37. The molecule has 0 aliphatic carbocycles. The van der Waals surface area contributed by atoms with E-state index in [1.807, 2.05) is 0 Å². The first-order chi connectivity index (χ1) is 8.31. The standard InChI is InChI=1S/C13H15NO4/c1-13(2,3)18-12(16)10-8-6-4-5-7-9(8)14(17)11(10)15/h4-7,10,17H,1-3H3. The molecule has 0 bridgehead atoms. The second-order valence-corrected chi connectivity index (χ2v) is 5.18. The normalized spacial score (nSPS) is 18.8. The van der Waals surface area contributed by atoms with Crippen LogP contribution in [0.15, 0.2) is 24.3 Å². The van der Waals surface area contributed by atoms with Crippen LogP contribution in [0.1, 0.15) is 32.3 Å². The summed E-state index contributed by atoms with van der Waals surface area (Å²) in [5.74, 6) is -2.40. The van der Waals surface area contributed by atoms with Gasteiger partial charge in [-0.05, 0) is 26.8 Å². The van der Waals surface area contributed by atoms with Crippen molar-refractivity contribution in [3.8, 4) is 0 Å². The number of carbonyl (C=O) groups excluding carboxylic acids is 2. The lowest BCUT2D eigenvalue weighted by Crippen LogP contribution is -2.33. The third kappa shape index (κ3) is 2.09. The molecular weight excluding hydrogens is 234 g/mol. The number of hydrogen-bond donors (Lipinski definition) is 1. The van der Waals surface area contributed by atoms with E-state index in [0.29, 0.717) is 16.3 Å². The molecule has 1 atom stereocenters. The van der Waals surface area contributed by atoms with Crippen molar-refractivity contribution in [1.82, 2.24) is 0 Å². The molecule has 1 aliphatic heterocycles. The lowest BCUT2D eigenvalue weighted by Gasteiger charge is -2.21. The Morgan fingerprint density at radius 1 is 1.33 bits per heavy atom. The van der Waals surface area contributed by atoms with Crippen LogP contribution in [0.3, 0.4) is 0 Å². The highest BCUT2D eigenvalue weighted by Gasteiger charge is 2.43. The molecular formula is C13H15NO4. The van der Waals surface area contributed by atoms with Gasteiger partial charge in [0.05, 0.1) is 5.69 Å². The predicted molar refractivity (Wildman–Crippen MR) is 64.3 cm³/mol. The van der Waals surface area contributed by atoms with E-state index in [1.165, 1.54) is 0 Å². The van der Waals surface area contributed by atoms with Crippen LogP contribution in [0.4, 0.5) is 5.69 Å². The van der Waals surface area contributed by atoms with Crippen molar-refractivity contribution in [2.45, 2.75) is 32.3 Å². The Bertz CT molecular complexity index is 504. The van der Waals surface area contributed by atoms with Gasteiger partial charge in [-0.1, -0.05) is 18.2 Å². The van der Waals surface area contributed by atoms with Crippen LogP contribution >= 0.6 is 0 Å². The summed E-state index contributed by atoms with van der Waals surface area (Å²) in [4.78, 5) is 23.9. The van der Waals surface area contributed by atoms with Gasteiger partial charge >= 0.3 is 5.97 Å². The molecule has 0 saturated carbocycles. The van der Waals surface area contributed by atoms with E-state index in [9.17, 15) is 14.8 Å². The van der Waals surface area contributed by atoms with E-state index in [2.05, 4.69) is 0 Å². The number of hydrogen-bond acceptors (Lipinski definition) is 4. The molecule has 0 aromatic heterocycles. The molecule has 2 rings (SSSR count). The summed E-state index contributed by atoms with van der Waals surface area (Å²) in [6.07, 6.45) is 0. The fourth-order valence-corrected chi connectivity index (χ4v) is 1.89. The number of esters is 1. The number of nitrogens with zero attached hydrogens (tertiary/aromatic N) is 1. The number of anilines is 1. The van der Waals surface area contributed by atoms with Gasteiger partial charge in [0.2, 0.25) is 0 Å². The summed E-state index contributed by atoms with van der Waals surface area (Å²) in [6.45, 7) is 5.19. The van der Waals surface area contributed by atoms with Gasteiger partial charge in [0, 0.05) is 5.56 Å². The first kappa shape index (κ1) is 12.6. The third-order valence-electron chi connectivity index (χ3n) is 2.57. The quantitative estimate of drug-likeness (QED) is 0.468. The van der Waals surface area contributed by atoms with E-state index in [1.54, 1.807) is 45.0 Å². The molecule has 0 radical (unpaired) electrons. The number of para-hydroxylation sites is 1. The van der Waals surface area contributed by atoms with Crippen LogP contribution in [0, 0.1) is 0 Å². The topological polar surface area (TPSA) is 66.8 Å². The summed E-state index contributed by atoms with van der Waals surface area (Å²) in [5, 5.41) is 10.1. The Morgan fingerprint density at radius 3 is 2.56 bits per heavy atom. The van der Waals surface area contributed by atoms with E-state index in [4.69, 9.17) is 4.74 Å². The molecule has 1 N–H and O–H groups in total. The summed E-state index contributed by atoms with van der Waals surface area (Å²) >= 11 is 0. The molecule has 1 aromatic carbocycles. The number of carbonyl (C=O) groups is 2. The minimum atomic E-state index is -1.08. The second kappa shape index (κ2) is 4.10. The van der Waals surface area contributed by atoms with Crippen molar-refractivity contribution in [3.05, 3.63) is 29.8 Å². The van der Waals surface area contributed by atoms with Crippen LogP contribution in [0.2, 0.25) is 0 Å². The lowest BCUT2D eigenvalue weighted by molar-refractivity contribution is -0.158. The number of ether oxygens (including phenoxy) is 1. The van der Waals surface area contributed by atoms with Crippen molar-refractivity contribution in [2.24, 2.45) is 0 Å². The fourth-order valence-electron chi connectivity index (χ4n) is 1.89. The maximum Gasteiger partial charge on any atom is 0.323 e. The van der Waals surface area contributed by atoms with Crippen molar-refractivity contribution < 1.29 is 19.5 Å². The summed E-state index contributed by atoms with van der Waals surface area (Å²) in [7, 11) is 0. The molecule has 96 valence electrons. The van der Waals surface area contributed by atoms with Crippen LogP contribution in [0.5, 0.6) is 0 Å². The smallest absolute Gasteiger partial charge is 0.323 e. The maximum absolute atomic E-state index is 12.0. The zero-order valence-corrected chi connectivity index (χ0v) is 10.5. The molecule has 5 nitrogen and oxygen atoms in total. The molecule has 5 heteroatoms. The van der Waals surface area contributed by atoms with Crippen molar-refractivity contribution in [3.63, 3.8) is 0 Å². The number of benzene rings is 1. The second-order valence-electron chi connectivity index (χ2n) is 5.18.